The van der Waals surface area contributed by atoms with Crippen LogP contribution < -0.4 is 20.9 Å². The maximum absolute atomic E-state index is 11.7. The summed E-state index contributed by atoms with van der Waals surface area (Å²) in [6.45, 7) is 7.11. The smallest absolute Gasteiger partial charge is 0.224 e. The first-order valence-corrected chi connectivity index (χ1v) is 11.3. The zero-order valence-corrected chi connectivity index (χ0v) is 21.7. The minimum atomic E-state index is 0. The third-order valence-electron chi connectivity index (χ3n) is 5.59. The Morgan fingerprint density at radius 3 is 2.50 bits per heavy atom. The lowest BCUT2D eigenvalue weighted by Gasteiger charge is -2.22. The Bertz CT molecular complexity index is 878. The molecular weight excluding hydrogens is 513 g/mol. The molecule has 0 radical (unpaired) electrons. The first-order chi connectivity index (χ1) is 15.1. The van der Waals surface area contributed by atoms with Gasteiger partial charge in [0.1, 0.15) is 0 Å². The summed E-state index contributed by atoms with van der Waals surface area (Å²) in [7, 11) is 1.79. The van der Waals surface area contributed by atoms with Crippen LogP contribution in [0.2, 0.25) is 0 Å². The van der Waals surface area contributed by atoms with Crippen LogP contribution in [0.3, 0.4) is 0 Å². The fourth-order valence-electron chi connectivity index (χ4n) is 3.79. The summed E-state index contributed by atoms with van der Waals surface area (Å²) in [6.07, 6.45) is 3.95. The van der Waals surface area contributed by atoms with Gasteiger partial charge in [-0.1, -0.05) is 31.2 Å². The molecule has 1 saturated heterocycles. The Morgan fingerprint density at radius 2 is 1.84 bits per heavy atom. The van der Waals surface area contributed by atoms with Crippen LogP contribution in [0.15, 0.2) is 53.5 Å². The van der Waals surface area contributed by atoms with Gasteiger partial charge >= 0.3 is 0 Å². The maximum atomic E-state index is 11.7. The van der Waals surface area contributed by atoms with Crippen LogP contribution >= 0.6 is 24.0 Å². The van der Waals surface area contributed by atoms with Gasteiger partial charge in [-0.25, -0.2) is 0 Å². The number of nitrogens with zero attached hydrogens (tertiary/aromatic N) is 2. The molecule has 1 heterocycles. The predicted octanol–water partition coefficient (Wildman–Crippen LogP) is 5.07. The number of rotatable bonds is 8. The third-order valence-corrected chi connectivity index (χ3v) is 5.59. The summed E-state index contributed by atoms with van der Waals surface area (Å²) in [4.78, 5) is 18.5. The van der Waals surface area contributed by atoms with Crippen molar-refractivity contribution in [3.63, 3.8) is 0 Å². The van der Waals surface area contributed by atoms with E-state index in [-0.39, 0.29) is 35.9 Å². The monoisotopic (exact) mass is 549 g/mol. The molecule has 0 spiro atoms. The van der Waals surface area contributed by atoms with Crippen molar-refractivity contribution in [2.45, 2.75) is 52.1 Å². The Kier molecular flexibility index (Phi) is 10.8. The number of hydrogen-bond donors (Lipinski definition) is 3. The first kappa shape index (κ1) is 26.0. The topological polar surface area (TPSA) is 68.8 Å². The highest BCUT2D eigenvalue weighted by Gasteiger charge is 2.14. The van der Waals surface area contributed by atoms with Crippen LogP contribution in [0.25, 0.3) is 0 Å². The molecule has 1 aliphatic heterocycles. The van der Waals surface area contributed by atoms with Crippen molar-refractivity contribution in [2.24, 2.45) is 4.99 Å². The lowest BCUT2D eigenvalue weighted by Crippen LogP contribution is -2.38. The molecule has 0 aliphatic carbocycles. The number of anilines is 2. The van der Waals surface area contributed by atoms with Crippen LogP contribution in [0, 0.1) is 0 Å². The number of hydrogen-bond acceptors (Lipinski definition) is 3. The van der Waals surface area contributed by atoms with E-state index in [0.717, 1.165) is 36.7 Å². The zero-order valence-electron chi connectivity index (χ0n) is 19.4. The fraction of sp³-hybridized carbons (Fsp3) is 0.440. The molecule has 2 aromatic rings. The third kappa shape index (κ3) is 7.69. The number of halogens is 1. The number of carbonyl (C=O) groups is 1. The highest BCUT2D eigenvalue weighted by Crippen LogP contribution is 2.24. The van der Waals surface area contributed by atoms with Gasteiger partial charge in [0.15, 0.2) is 5.96 Å². The van der Waals surface area contributed by atoms with E-state index in [4.69, 9.17) is 0 Å². The number of carbonyl (C=O) groups excluding carboxylic acids is 1. The van der Waals surface area contributed by atoms with Crippen molar-refractivity contribution in [2.75, 3.05) is 30.4 Å². The van der Waals surface area contributed by atoms with E-state index in [9.17, 15) is 4.79 Å². The molecule has 3 N–H and O–H groups in total. The van der Waals surface area contributed by atoms with Gasteiger partial charge in [-0.3, -0.25) is 9.79 Å². The molecule has 7 heteroatoms. The van der Waals surface area contributed by atoms with Crippen molar-refractivity contribution < 1.29 is 4.79 Å². The van der Waals surface area contributed by atoms with E-state index in [2.05, 4.69) is 57.0 Å². The Balaban J connectivity index is 0.00000363. The van der Waals surface area contributed by atoms with Crippen molar-refractivity contribution in [1.29, 1.82) is 0 Å². The van der Waals surface area contributed by atoms with Gasteiger partial charge in [-0.05, 0) is 61.6 Å². The van der Waals surface area contributed by atoms with Crippen molar-refractivity contribution in [3.05, 3.63) is 59.7 Å². The summed E-state index contributed by atoms with van der Waals surface area (Å²) >= 11 is 0. The van der Waals surface area contributed by atoms with E-state index >= 15 is 0 Å². The molecule has 1 amide bonds. The summed E-state index contributed by atoms with van der Waals surface area (Å²) in [5.41, 5.74) is 4.51. The van der Waals surface area contributed by atoms with Crippen molar-refractivity contribution in [3.8, 4) is 0 Å². The Labute approximate surface area is 209 Å². The second-order valence-electron chi connectivity index (χ2n) is 8.08. The molecule has 1 unspecified atom stereocenters. The Hall–Kier alpha value is -2.29. The highest BCUT2D eigenvalue weighted by atomic mass is 127. The van der Waals surface area contributed by atoms with Gasteiger partial charge in [-0.15, -0.1) is 24.0 Å². The van der Waals surface area contributed by atoms with Crippen LogP contribution in [0.1, 0.15) is 56.7 Å². The zero-order chi connectivity index (χ0) is 22.1. The van der Waals surface area contributed by atoms with Gasteiger partial charge in [-0.2, -0.15) is 0 Å². The number of guanidine groups is 1. The fourth-order valence-corrected chi connectivity index (χ4v) is 3.79. The first-order valence-electron chi connectivity index (χ1n) is 11.3. The van der Waals surface area contributed by atoms with Crippen LogP contribution in [0.5, 0.6) is 0 Å². The quantitative estimate of drug-likeness (QED) is 0.245. The molecule has 6 nitrogen and oxygen atoms in total. The van der Waals surface area contributed by atoms with E-state index in [0.29, 0.717) is 13.0 Å². The molecule has 0 bridgehead atoms. The second-order valence-corrected chi connectivity index (χ2v) is 8.08. The van der Waals surface area contributed by atoms with Gasteiger partial charge < -0.3 is 20.9 Å². The van der Waals surface area contributed by atoms with Crippen molar-refractivity contribution >= 4 is 47.2 Å². The lowest BCUT2D eigenvalue weighted by molar-refractivity contribution is -0.116. The molecule has 1 atom stereocenters. The van der Waals surface area contributed by atoms with Crippen molar-refractivity contribution in [1.82, 2.24) is 10.6 Å². The van der Waals surface area contributed by atoms with E-state index in [1.165, 1.54) is 24.1 Å². The normalized spacial score (nSPS) is 14.5. The molecule has 174 valence electrons. The average molecular weight is 550 g/mol. The summed E-state index contributed by atoms with van der Waals surface area (Å²) in [5.74, 6) is 0.820. The number of benzene rings is 2. The average Bonchev–Trinajstić information content (AvgIpc) is 3.33. The van der Waals surface area contributed by atoms with Gasteiger partial charge in [0.25, 0.3) is 0 Å². The number of aliphatic imine (C=N–C) groups is 1. The number of nitrogens with one attached hydrogen (secondary N) is 3. The van der Waals surface area contributed by atoms with E-state index in [1.807, 2.05) is 31.2 Å². The van der Waals surface area contributed by atoms with Gasteiger partial charge in [0, 0.05) is 44.5 Å². The maximum Gasteiger partial charge on any atom is 0.224 e. The SMILES string of the molecule is CCCC(=O)Nc1ccc(CNC(=NC)NC(C)c2cccc(N3CCCC3)c2)cc1.I. The van der Waals surface area contributed by atoms with E-state index in [1.54, 1.807) is 7.05 Å². The lowest BCUT2D eigenvalue weighted by atomic mass is 10.1. The largest absolute Gasteiger partial charge is 0.372 e. The van der Waals surface area contributed by atoms with Gasteiger partial charge in [0.05, 0.1) is 6.04 Å². The molecule has 2 aromatic carbocycles. The van der Waals surface area contributed by atoms with Crippen LogP contribution in [0.4, 0.5) is 11.4 Å². The van der Waals surface area contributed by atoms with E-state index < -0.39 is 0 Å². The summed E-state index contributed by atoms with van der Waals surface area (Å²) in [5, 5.41) is 9.78. The number of amides is 1. The molecule has 1 fully saturated rings. The minimum Gasteiger partial charge on any atom is -0.372 e. The predicted molar refractivity (Wildman–Crippen MR) is 145 cm³/mol. The molecular formula is C25H36IN5O. The summed E-state index contributed by atoms with van der Waals surface area (Å²) in [6, 6.07) is 16.8. The Morgan fingerprint density at radius 1 is 1.12 bits per heavy atom. The minimum absolute atomic E-state index is 0. The highest BCUT2D eigenvalue weighted by molar-refractivity contribution is 14.0. The molecule has 32 heavy (non-hydrogen) atoms. The summed E-state index contributed by atoms with van der Waals surface area (Å²) < 4.78 is 0. The molecule has 3 rings (SSSR count). The van der Waals surface area contributed by atoms with Gasteiger partial charge in [0.2, 0.25) is 5.91 Å². The second kappa shape index (κ2) is 13.3. The molecule has 0 aromatic heterocycles. The van der Waals surface area contributed by atoms with Crippen LogP contribution in [-0.4, -0.2) is 32.0 Å². The van der Waals surface area contributed by atoms with Crippen LogP contribution in [-0.2, 0) is 11.3 Å². The molecule has 0 saturated carbocycles. The molecule has 1 aliphatic rings. The standard InChI is InChI=1S/C25H35N5O.HI/c1-4-8-24(31)29-22-13-11-20(12-14-22)18-27-25(26-3)28-19(2)21-9-7-10-23(17-21)30-15-5-6-16-30;/h7,9-14,17,19H,4-6,8,15-16,18H2,1-3H3,(H,29,31)(H2,26,27,28);1H.